The molecule has 1 aliphatic heterocycles. The highest BCUT2D eigenvalue weighted by Gasteiger charge is 2.23. The second-order valence-corrected chi connectivity index (χ2v) is 5.76. The number of aromatic nitrogens is 1. The Kier molecular flexibility index (Phi) is 4.46. The Balaban J connectivity index is 2.15. The van der Waals surface area contributed by atoms with E-state index < -0.39 is 0 Å². The van der Waals surface area contributed by atoms with Crippen LogP contribution in [0.25, 0.3) is 0 Å². The van der Waals surface area contributed by atoms with Crippen LogP contribution >= 0.6 is 11.6 Å². The normalized spacial score (nSPS) is 24.3. The SMILES string of the molecule is CNCc1cc(N2CCC(C)C(C)C2)ncc1Cl. The van der Waals surface area contributed by atoms with Gasteiger partial charge in [-0.3, -0.25) is 0 Å². The minimum atomic E-state index is 0.726. The summed E-state index contributed by atoms with van der Waals surface area (Å²) in [7, 11) is 1.93. The number of anilines is 1. The summed E-state index contributed by atoms with van der Waals surface area (Å²) in [6, 6.07) is 2.11. The van der Waals surface area contributed by atoms with Gasteiger partial charge in [0.1, 0.15) is 5.82 Å². The smallest absolute Gasteiger partial charge is 0.128 e. The van der Waals surface area contributed by atoms with E-state index in [1.165, 1.54) is 6.42 Å². The molecule has 4 heteroatoms. The Hall–Kier alpha value is -0.800. The number of pyridine rings is 1. The summed E-state index contributed by atoms with van der Waals surface area (Å²) in [6.45, 7) is 7.63. The van der Waals surface area contributed by atoms with E-state index in [4.69, 9.17) is 11.6 Å². The second-order valence-electron chi connectivity index (χ2n) is 5.35. The molecule has 0 amide bonds. The summed E-state index contributed by atoms with van der Waals surface area (Å²) in [5.41, 5.74) is 1.12. The van der Waals surface area contributed by atoms with Crippen molar-refractivity contribution in [2.45, 2.75) is 26.8 Å². The first-order valence-electron chi connectivity index (χ1n) is 6.65. The third-order valence-electron chi connectivity index (χ3n) is 3.95. The molecule has 1 aromatic rings. The van der Waals surface area contributed by atoms with Crippen LogP contribution in [0.3, 0.4) is 0 Å². The monoisotopic (exact) mass is 267 g/mol. The lowest BCUT2D eigenvalue weighted by atomic mass is 9.89. The van der Waals surface area contributed by atoms with Crippen molar-refractivity contribution in [1.82, 2.24) is 10.3 Å². The van der Waals surface area contributed by atoms with Gasteiger partial charge in [-0.2, -0.15) is 0 Å². The van der Waals surface area contributed by atoms with E-state index in [-0.39, 0.29) is 0 Å². The molecule has 1 saturated heterocycles. The molecule has 2 rings (SSSR count). The summed E-state index contributed by atoms with van der Waals surface area (Å²) < 4.78 is 0. The van der Waals surface area contributed by atoms with Crippen LogP contribution in [0.5, 0.6) is 0 Å². The van der Waals surface area contributed by atoms with E-state index in [0.717, 1.165) is 47.9 Å². The maximum Gasteiger partial charge on any atom is 0.128 e. The zero-order valence-electron chi connectivity index (χ0n) is 11.4. The molecule has 0 spiro atoms. The Labute approximate surface area is 115 Å². The lowest BCUT2D eigenvalue weighted by Crippen LogP contribution is -2.38. The molecule has 0 radical (unpaired) electrons. The minimum absolute atomic E-state index is 0.726. The Morgan fingerprint density at radius 1 is 1.44 bits per heavy atom. The number of nitrogens with zero attached hydrogens (tertiary/aromatic N) is 2. The number of piperidine rings is 1. The number of nitrogens with one attached hydrogen (secondary N) is 1. The van der Waals surface area contributed by atoms with Crippen LogP contribution in [0.15, 0.2) is 12.3 Å². The van der Waals surface area contributed by atoms with Crippen LogP contribution < -0.4 is 10.2 Å². The Bertz CT molecular complexity index is 408. The minimum Gasteiger partial charge on any atom is -0.356 e. The fourth-order valence-electron chi connectivity index (χ4n) is 2.44. The van der Waals surface area contributed by atoms with Gasteiger partial charge in [-0.05, 0) is 36.9 Å². The molecule has 0 saturated carbocycles. The molecule has 0 aliphatic carbocycles. The van der Waals surface area contributed by atoms with Gasteiger partial charge in [0.25, 0.3) is 0 Å². The van der Waals surface area contributed by atoms with Crippen molar-refractivity contribution in [2.75, 3.05) is 25.0 Å². The number of hydrogen-bond donors (Lipinski definition) is 1. The number of rotatable bonds is 3. The largest absolute Gasteiger partial charge is 0.356 e. The van der Waals surface area contributed by atoms with Crippen molar-refractivity contribution in [3.05, 3.63) is 22.8 Å². The number of halogens is 1. The molecule has 100 valence electrons. The lowest BCUT2D eigenvalue weighted by Gasteiger charge is -2.36. The van der Waals surface area contributed by atoms with Crippen LogP contribution in [-0.4, -0.2) is 25.1 Å². The van der Waals surface area contributed by atoms with Crippen molar-refractivity contribution in [3.8, 4) is 0 Å². The zero-order valence-corrected chi connectivity index (χ0v) is 12.2. The average Bonchev–Trinajstić information content (AvgIpc) is 2.36. The lowest BCUT2D eigenvalue weighted by molar-refractivity contribution is 0.323. The van der Waals surface area contributed by atoms with Gasteiger partial charge in [-0.15, -0.1) is 0 Å². The molecule has 18 heavy (non-hydrogen) atoms. The van der Waals surface area contributed by atoms with Gasteiger partial charge in [0.2, 0.25) is 0 Å². The molecular weight excluding hydrogens is 246 g/mol. The molecule has 1 N–H and O–H groups in total. The first-order valence-corrected chi connectivity index (χ1v) is 7.03. The van der Waals surface area contributed by atoms with E-state index in [1.807, 2.05) is 7.05 Å². The van der Waals surface area contributed by atoms with Crippen molar-refractivity contribution in [2.24, 2.45) is 11.8 Å². The standard InChI is InChI=1S/C14H22ClN3/c1-10-4-5-18(9-11(10)2)14-6-12(7-16-3)13(15)8-17-14/h6,8,10-11,16H,4-5,7,9H2,1-3H3. The molecule has 0 aromatic carbocycles. The fraction of sp³-hybridized carbons (Fsp3) is 0.643. The third-order valence-corrected chi connectivity index (χ3v) is 4.29. The van der Waals surface area contributed by atoms with Gasteiger partial charge >= 0.3 is 0 Å². The maximum atomic E-state index is 6.14. The van der Waals surface area contributed by atoms with E-state index in [1.54, 1.807) is 6.20 Å². The first-order chi connectivity index (χ1) is 8.61. The third kappa shape index (κ3) is 2.96. The van der Waals surface area contributed by atoms with Crippen LogP contribution in [0, 0.1) is 11.8 Å². The highest BCUT2D eigenvalue weighted by Crippen LogP contribution is 2.27. The van der Waals surface area contributed by atoms with Gasteiger partial charge in [0, 0.05) is 25.8 Å². The highest BCUT2D eigenvalue weighted by atomic mass is 35.5. The van der Waals surface area contributed by atoms with E-state index in [2.05, 4.69) is 35.1 Å². The predicted octanol–water partition coefficient (Wildman–Crippen LogP) is 2.94. The quantitative estimate of drug-likeness (QED) is 0.913. The molecule has 2 unspecified atom stereocenters. The van der Waals surface area contributed by atoms with Crippen molar-refractivity contribution in [3.63, 3.8) is 0 Å². The maximum absolute atomic E-state index is 6.14. The molecule has 1 aliphatic rings. The van der Waals surface area contributed by atoms with Gasteiger partial charge in [0.15, 0.2) is 0 Å². The molecule has 0 bridgehead atoms. The van der Waals surface area contributed by atoms with Crippen LogP contribution in [0.1, 0.15) is 25.8 Å². The summed E-state index contributed by atoms with van der Waals surface area (Å²) >= 11 is 6.14. The summed E-state index contributed by atoms with van der Waals surface area (Å²) in [5.74, 6) is 2.60. The van der Waals surface area contributed by atoms with E-state index in [0.29, 0.717) is 0 Å². The summed E-state index contributed by atoms with van der Waals surface area (Å²) in [5, 5.41) is 3.88. The fourth-order valence-corrected chi connectivity index (χ4v) is 2.61. The topological polar surface area (TPSA) is 28.2 Å². The van der Waals surface area contributed by atoms with Crippen LogP contribution in [0.4, 0.5) is 5.82 Å². The van der Waals surface area contributed by atoms with Crippen LogP contribution in [-0.2, 0) is 6.54 Å². The summed E-state index contributed by atoms with van der Waals surface area (Å²) in [4.78, 5) is 6.85. The van der Waals surface area contributed by atoms with Crippen molar-refractivity contribution < 1.29 is 0 Å². The average molecular weight is 268 g/mol. The number of hydrogen-bond acceptors (Lipinski definition) is 3. The predicted molar refractivity (Wildman–Crippen MR) is 77.2 cm³/mol. The van der Waals surface area contributed by atoms with Gasteiger partial charge in [-0.1, -0.05) is 25.4 Å². The molecule has 2 atom stereocenters. The molecule has 2 heterocycles. The summed E-state index contributed by atoms with van der Waals surface area (Å²) in [6.07, 6.45) is 3.01. The van der Waals surface area contributed by atoms with E-state index in [9.17, 15) is 0 Å². The molecule has 1 aromatic heterocycles. The van der Waals surface area contributed by atoms with Gasteiger partial charge in [-0.25, -0.2) is 4.98 Å². The van der Waals surface area contributed by atoms with Crippen LogP contribution in [0.2, 0.25) is 5.02 Å². The van der Waals surface area contributed by atoms with E-state index >= 15 is 0 Å². The first kappa shape index (κ1) is 13.6. The zero-order chi connectivity index (χ0) is 13.1. The molecule has 3 nitrogen and oxygen atoms in total. The highest BCUT2D eigenvalue weighted by molar-refractivity contribution is 6.31. The molecule has 1 fully saturated rings. The van der Waals surface area contributed by atoms with Gasteiger partial charge in [0.05, 0.1) is 5.02 Å². The van der Waals surface area contributed by atoms with Gasteiger partial charge < -0.3 is 10.2 Å². The van der Waals surface area contributed by atoms with Crippen molar-refractivity contribution >= 4 is 17.4 Å². The Morgan fingerprint density at radius 3 is 2.89 bits per heavy atom. The Morgan fingerprint density at radius 2 is 2.22 bits per heavy atom. The second kappa shape index (κ2) is 5.89. The molecular formula is C14H22ClN3. The van der Waals surface area contributed by atoms with Crippen molar-refractivity contribution in [1.29, 1.82) is 0 Å².